The van der Waals surface area contributed by atoms with Gasteiger partial charge in [-0.25, -0.2) is 24.5 Å². The Labute approximate surface area is 193 Å². The second kappa shape index (κ2) is 9.81. The molecule has 0 spiro atoms. The summed E-state index contributed by atoms with van der Waals surface area (Å²) in [5.41, 5.74) is 2.26. The van der Waals surface area contributed by atoms with Crippen LogP contribution in [0.3, 0.4) is 0 Å². The summed E-state index contributed by atoms with van der Waals surface area (Å²) in [6.07, 6.45) is 3.17. The first-order chi connectivity index (χ1) is 15.9. The molecule has 1 fully saturated rings. The number of benzene rings is 1. The Balaban J connectivity index is 1.36. The maximum Gasteiger partial charge on any atom is 0.347 e. The van der Waals surface area contributed by atoms with Crippen molar-refractivity contribution in [3.8, 4) is 0 Å². The third kappa shape index (κ3) is 5.54. The van der Waals surface area contributed by atoms with E-state index in [9.17, 15) is 9.59 Å². The van der Waals surface area contributed by atoms with Gasteiger partial charge in [0.2, 0.25) is 0 Å². The van der Waals surface area contributed by atoms with Crippen molar-refractivity contribution in [2.75, 3.05) is 36.4 Å². The van der Waals surface area contributed by atoms with Crippen LogP contribution in [0.1, 0.15) is 36.8 Å². The smallest absolute Gasteiger partial charge is 0.347 e. The van der Waals surface area contributed by atoms with Crippen molar-refractivity contribution >= 4 is 17.5 Å². The van der Waals surface area contributed by atoms with E-state index in [-0.39, 0.29) is 17.6 Å². The molecule has 1 aliphatic heterocycles. The monoisotopic (exact) mass is 447 g/mol. The van der Waals surface area contributed by atoms with Gasteiger partial charge in [-0.1, -0.05) is 26.0 Å². The summed E-state index contributed by atoms with van der Waals surface area (Å²) < 4.78 is 1.53. The highest BCUT2D eigenvalue weighted by Crippen LogP contribution is 2.19. The van der Waals surface area contributed by atoms with Crippen molar-refractivity contribution in [2.45, 2.75) is 33.2 Å². The molecule has 4 rings (SSSR count). The minimum Gasteiger partial charge on any atom is -0.353 e. The lowest BCUT2D eigenvalue weighted by molar-refractivity contribution is 0.208. The van der Waals surface area contributed by atoms with Crippen molar-refractivity contribution in [3.05, 3.63) is 76.4 Å². The Morgan fingerprint density at radius 2 is 1.88 bits per heavy atom. The molecule has 172 valence electrons. The molecule has 1 aromatic carbocycles. The van der Waals surface area contributed by atoms with E-state index in [2.05, 4.69) is 34.0 Å². The minimum atomic E-state index is -0.302. The zero-order valence-corrected chi connectivity index (χ0v) is 19.2. The fourth-order valence-electron chi connectivity index (χ4n) is 3.79. The van der Waals surface area contributed by atoms with E-state index >= 15 is 0 Å². The lowest BCUT2D eigenvalue weighted by Gasteiger charge is -2.35. The summed E-state index contributed by atoms with van der Waals surface area (Å²) >= 11 is 0. The number of nitrogens with zero attached hydrogens (tertiary/aromatic N) is 6. The van der Waals surface area contributed by atoms with E-state index in [4.69, 9.17) is 4.98 Å². The lowest BCUT2D eigenvalue weighted by atomic mass is 10.2. The highest BCUT2D eigenvalue weighted by Gasteiger charge is 2.23. The quantitative estimate of drug-likeness (QED) is 0.646. The third-order valence-corrected chi connectivity index (χ3v) is 5.58. The van der Waals surface area contributed by atoms with Gasteiger partial charge < -0.3 is 15.1 Å². The van der Waals surface area contributed by atoms with Gasteiger partial charge in [0.25, 0.3) is 0 Å². The average molecular weight is 448 g/mol. The van der Waals surface area contributed by atoms with Gasteiger partial charge in [-0.2, -0.15) is 0 Å². The fourth-order valence-corrected chi connectivity index (χ4v) is 3.79. The highest BCUT2D eigenvalue weighted by atomic mass is 16.2. The van der Waals surface area contributed by atoms with Crippen LogP contribution in [0.15, 0.2) is 53.6 Å². The number of nitrogens with one attached hydrogen (secondary N) is 1. The molecule has 1 N–H and O–H groups in total. The molecule has 33 heavy (non-hydrogen) atoms. The average Bonchev–Trinajstić information content (AvgIpc) is 2.80. The predicted molar refractivity (Wildman–Crippen MR) is 128 cm³/mol. The Morgan fingerprint density at radius 1 is 1.09 bits per heavy atom. The van der Waals surface area contributed by atoms with Crippen molar-refractivity contribution < 1.29 is 4.79 Å². The molecule has 0 radical (unpaired) electrons. The number of carbonyl (C=O) groups excluding carboxylic acids is 1. The number of aromatic nitrogens is 4. The van der Waals surface area contributed by atoms with Gasteiger partial charge in [-0.15, -0.1) is 0 Å². The molecule has 1 saturated heterocycles. The third-order valence-electron chi connectivity index (χ3n) is 5.58. The maximum absolute atomic E-state index is 12.8. The van der Waals surface area contributed by atoms with E-state index in [1.165, 1.54) is 10.8 Å². The lowest BCUT2D eigenvalue weighted by Crippen LogP contribution is -2.50. The number of hydrogen-bond donors (Lipinski definition) is 1. The summed E-state index contributed by atoms with van der Waals surface area (Å²) in [5.74, 6) is 2.03. The fraction of sp³-hybridized carbons (Fsp3) is 0.375. The summed E-state index contributed by atoms with van der Waals surface area (Å²) in [5, 5.41) is 2.98. The first-order valence-corrected chi connectivity index (χ1v) is 11.2. The number of amides is 2. The van der Waals surface area contributed by atoms with Crippen LogP contribution in [-0.2, 0) is 6.54 Å². The van der Waals surface area contributed by atoms with Crippen LogP contribution in [0.25, 0.3) is 0 Å². The summed E-state index contributed by atoms with van der Waals surface area (Å²) in [6.45, 7) is 9.20. The van der Waals surface area contributed by atoms with Crippen LogP contribution in [-0.4, -0.2) is 56.6 Å². The zero-order chi connectivity index (χ0) is 23.4. The molecule has 9 heteroatoms. The SMILES string of the molecule is Cc1cc(N2CCN(C(=O)Nc3cccc(Cn4cccnc4=O)c3)CC2)nc(C(C)C)n1. The normalized spacial score (nSPS) is 13.9. The van der Waals surface area contributed by atoms with Gasteiger partial charge in [0.1, 0.15) is 11.6 Å². The molecule has 0 bridgehead atoms. The standard InChI is InChI=1S/C24H29N7O2/c1-17(2)22-26-18(3)14-21(28-22)29-10-12-30(13-11-29)24(33)27-20-7-4-6-19(15-20)16-31-9-5-8-25-23(31)32/h4-9,14-15,17H,10-13,16H2,1-3H3,(H,27,33). The summed E-state index contributed by atoms with van der Waals surface area (Å²) in [4.78, 5) is 41.7. The Bertz CT molecular complexity index is 1180. The molecule has 3 aromatic rings. The largest absolute Gasteiger partial charge is 0.353 e. The Hall–Kier alpha value is -3.75. The van der Waals surface area contributed by atoms with Gasteiger partial charge in [0.05, 0.1) is 6.54 Å². The van der Waals surface area contributed by atoms with Gasteiger partial charge in [0.15, 0.2) is 0 Å². The number of piperazine rings is 1. The molecule has 9 nitrogen and oxygen atoms in total. The van der Waals surface area contributed by atoms with Crippen molar-refractivity contribution in [2.24, 2.45) is 0 Å². The molecule has 0 unspecified atom stereocenters. The minimum absolute atomic E-state index is 0.132. The van der Waals surface area contributed by atoms with E-state index in [1.54, 1.807) is 12.3 Å². The second-order valence-corrected chi connectivity index (χ2v) is 8.52. The number of rotatable bonds is 5. The molecular formula is C24H29N7O2. The Kier molecular flexibility index (Phi) is 6.67. The Morgan fingerprint density at radius 3 is 2.61 bits per heavy atom. The van der Waals surface area contributed by atoms with E-state index in [0.29, 0.717) is 38.4 Å². The number of anilines is 2. The predicted octanol–water partition coefficient (Wildman–Crippen LogP) is 2.87. The van der Waals surface area contributed by atoms with Crippen LogP contribution in [0.4, 0.5) is 16.3 Å². The molecule has 0 aliphatic carbocycles. The molecule has 2 aromatic heterocycles. The topological polar surface area (TPSA) is 96.2 Å². The maximum atomic E-state index is 12.8. The number of hydrogen-bond acceptors (Lipinski definition) is 6. The number of carbonyl (C=O) groups is 1. The highest BCUT2D eigenvalue weighted by molar-refractivity contribution is 5.89. The summed E-state index contributed by atoms with van der Waals surface area (Å²) in [6, 6.07) is 11.1. The molecule has 1 aliphatic rings. The van der Waals surface area contributed by atoms with Crippen molar-refractivity contribution in [1.82, 2.24) is 24.4 Å². The van der Waals surface area contributed by atoms with Crippen molar-refractivity contribution in [1.29, 1.82) is 0 Å². The molecule has 0 atom stereocenters. The van der Waals surface area contributed by atoms with Gasteiger partial charge in [-0.05, 0) is 30.7 Å². The zero-order valence-electron chi connectivity index (χ0n) is 19.2. The van der Waals surface area contributed by atoms with Crippen LogP contribution in [0.2, 0.25) is 0 Å². The van der Waals surface area contributed by atoms with Crippen molar-refractivity contribution in [3.63, 3.8) is 0 Å². The van der Waals surface area contributed by atoms with E-state index < -0.39 is 0 Å². The first-order valence-electron chi connectivity index (χ1n) is 11.2. The number of aryl methyl sites for hydroxylation is 1. The van der Waals surface area contributed by atoms with E-state index in [0.717, 1.165) is 22.9 Å². The molecule has 0 saturated carbocycles. The van der Waals surface area contributed by atoms with Crippen LogP contribution in [0.5, 0.6) is 0 Å². The first kappa shape index (κ1) is 22.4. The summed E-state index contributed by atoms with van der Waals surface area (Å²) in [7, 11) is 0. The van der Waals surface area contributed by atoms with Crippen LogP contribution in [0, 0.1) is 6.92 Å². The molecule has 2 amide bonds. The number of urea groups is 1. The molecular weight excluding hydrogens is 418 g/mol. The van der Waals surface area contributed by atoms with Crippen LogP contribution >= 0.6 is 0 Å². The van der Waals surface area contributed by atoms with Gasteiger partial charge in [0, 0.05) is 61.9 Å². The van der Waals surface area contributed by atoms with Gasteiger partial charge >= 0.3 is 11.7 Å². The van der Waals surface area contributed by atoms with Crippen LogP contribution < -0.4 is 15.9 Å². The van der Waals surface area contributed by atoms with E-state index in [1.807, 2.05) is 42.2 Å². The second-order valence-electron chi connectivity index (χ2n) is 8.52. The molecule has 3 heterocycles. The van der Waals surface area contributed by atoms with Gasteiger partial charge in [-0.3, -0.25) is 4.57 Å².